The maximum Gasteiger partial charge on any atom is 0.312 e. The predicted octanol–water partition coefficient (Wildman–Crippen LogP) is 6.62. The number of amides is 1. The van der Waals surface area contributed by atoms with Crippen molar-refractivity contribution in [2.75, 3.05) is 57.2 Å². The molecular weight excluding hydrogens is 1070 g/mol. The second-order valence-electron chi connectivity index (χ2n) is 23.9. The van der Waals surface area contributed by atoms with E-state index < -0.39 is 99.9 Å². The predicted molar refractivity (Wildman–Crippen MR) is 306 cm³/mol. The number of allylic oxidation sites excluding steroid dienone is 2. The number of aliphatic hydroxyl groups excluding tert-OH is 2. The molecule has 11 rings (SSSR count). The molecule has 20 nitrogen and oxygen atoms in total. The highest BCUT2D eigenvalue weighted by molar-refractivity contribution is 6.21. The van der Waals surface area contributed by atoms with Crippen molar-refractivity contribution in [1.82, 2.24) is 9.47 Å². The number of methoxy groups -OCH3 is 2. The number of likely N-dealkylation sites (tertiary alicyclic amines) is 1. The molecule has 2 saturated heterocycles. The van der Waals surface area contributed by atoms with Crippen LogP contribution in [0.4, 0.5) is 15.8 Å². The molecule has 5 N–H and O–H groups in total. The molecule has 10 atom stereocenters. The van der Waals surface area contributed by atoms with Gasteiger partial charge in [0.2, 0.25) is 0 Å². The summed E-state index contributed by atoms with van der Waals surface area (Å²) in [5.74, 6) is -8.21. The second-order valence-corrected chi connectivity index (χ2v) is 23.9. The number of rotatable bonds is 8. The number of hydrogen-bond acceptors (Lipinski definition) is 18. The molecule has 0 radical (unpaired) electrons. The van der Waals surface area contributed by atoms with Gasteiger partial charge in [0.25, 0.3) is 11.7 Å². The summed E-state index contributed by atoms with van der Waals surface area (Å²) < 4.78 is 48.4. The average molecular weight is 1150 g/mol. The Morgan fingerprint density at radius 1 is 0.916 bits per heavy atom. The number of carbonyl (C=O) groups is 4. The van der Waals surface area contributed by atoms with Gasteiger partial charge >= 0.3 is 11.8 Å². The summed E-state index contributed by atoms with van der Waals surface area (Å²) >= 11 is 0. The topological polar surface area (TPSA) is 261 Å². The highest BCUT2D eigenvalue weighted by Gasteiger charge is 2.51. The molecule has 7 aliphatic rings. The molecule has 1 aliphatic carbocycles. The number of halogens is 1. The van der Waals surface area contributed by atoms with E-state index in [0.29, 0.717) is 51.1 Å². The van der Waals surface area contributed by atoms with E-state index in [2.05, 4.69) is 15.2 Å². The fourth-order valence-corrected chi connectivity index (χ4v) is 13.1. The molecule has 3 fully saturated rings. The zero-order chi connectivity index (χ0) is 59.9. The summed E-state index contributed by atoms with van der Waals surface area (Å²) in [4.78, 5) is 81.8. The molecule has 6 aliphatic heterocycles. The standard InChI is InChI=1S/C62H75FN6O14/c1-29-13-12-14-30(2)60(78)64-48-47-46(43-44(55(48)76)53(74)34(6)57-45(43)59(77)61(9,83-57)81-24-18-42(79-10)31(3)56(82-36(8)71)33(5)52(73)32(4)51(29)72)65-62(66-47)19-22-67(23-20-62)26-37-17-21-68(27-37)50-41(63)25-39-49(58(50)80-11)69(38-15-16-38)28-40(35(7)70)54(39)75/h12-14,18,24-25,28-29,31-33,37-38,42,51-52,56,65,72-74,76H,15-17,19-23,26-27H2,1-11H3/b13-12+,24-18+,30-14-,64-48?/t29-,31+,32+,33+,37?,42-,51-,52+,56+,61-/m0/s1. The lowest BCUT2D eigenvalue weighted by molar-refractivity contribution is -0.160. The number of carbonyl (C=O) groups excluding carboxylic acids is 4. The summed E-state index contributed by atoms with van der Waals surface area (Å²) in [7, 11) is 2.92. The smallest absolute Gasteiger partial charge is 0.312 e. The molecule has 3 aromatic carbocycles. The largest absolute Gasteiger partial charge is 0.507 e. The molecule has 4 aromatic rings. The molecule has 83 heavy (non-hydrogen) atoms. The van der Waals surface area contributed by atoms with E-state index in [1.165, 1.54) is 66.4 Å². The summed E-state index contributed by atoms with van der Waals surface area (Å²) in [5, 5.41) is 51.2. The van der Waals surface area contributed by atoms with E-state index >= 15 is 9.18 Å². The number of fused-ring (bicyclic) bond motifs is 14. The number of esters is 1. The van der Waals surface area contributed by atoms with Crippen LogP contribution in [0.25, 0.3) is 21.7 Å². The Labute approximate surface area is 479 Å². The molecular formula is C62H75FN6O14. The maximum absolute atomic E-state index is 16.4. The van der Waals surface area contributed by atoms with E-state index in [9.17, 15) is 39.6 Å². The highest BCUT2D eigenvalue weighted by Crippen LogP contribution is 2.52. The Hall–Kier alpha value is -7.20. The number of phenolic OH excluding ortho intramolecular Hbond substituents is 2. The third kappa shape index (κ3) is 10.4. The lowest BCUT2D eigenvalue weighted by Crippen LogP contribution is -2.48. The van der Waals surface area contributed by atoms with Crippen LogP contribution in [-0.4, -0.2) is 136 Å². The van der Waals surface area contributed by atoms with Crippen molar-refractivity contribution in [2.45, 2.75) is 136 Å². The SMILES string of the molecule is COc1c(N2CCC(CN3CCC4(CC3)N=c3c(c5c6c7c(C)c(O)c5c(O)c3=NC(=O)/C(C)=C\C=C\[C@H](C)[C@H](O)[C@@H](C)[C@@H](O)[C@@H](C)[C@H](OC(C)=O)[C@H](C)[C@@H](OC)/C=C/O[C@@](C)(O7)C6=O)N4)C2)c(F)cc2c(=O)c(C(C)=O)cn(C3CC3)c12. The van der Waals surface area contributed by atoms with E-state index in [4.69, 9.17) is 28.7 Å². The Morgan fingerprint density at radius 2 is 1.63 bits per heavy atom. The van der Waals surface area contributed by atoms with Gasteiger partial charge in [-0.2, -0.15) is 0 Å². The Morgan fingerprint density at radius 3 is 2.28 bits per heavy atom. The van der Waals surface area contributed by atoms with Gasteiger partial charge in [-0.1, -0.05) is 45.9 Å². The van der Waals surface area contributed by atoms with E-state index in [0.717, 1.165) is 19.3 Å². The number of ether oxygens (including phenoxy) is 5. The number of aliphatic hydroxyl groups is 2. The quantitative estimate of drug-likeness (QED) is 0.0705. The number of pyridine rings is 1. The van der Waals surface area contributed by atoms with Gasteiger partial charge < -0.3 is 63.8 Å². The zero-order valence-corrected chi connectivity index (χ0v) is 48.9. The summed E-state index contributed by atoms with van der Waals surface area (Å²) in [5.41, 5.74) is -0.287. The number of nitrogens with one attached hydrogen (secondary N) is 1. The number of hydrogen-bond donors (Lipinski definition) is 5. The Kier molecular flexibility index (Phi) is 15.9. The van der Waals surface area contributed by atoms with Crippen LogP contribution in [-0.2, 0) is 23.8 Å². The molecule has 7 heterocycles. The minimum absolute atomic E-state index is 0.00182. The Bertz CT molecular complexity index is 3640. The highest BCUT2D eigenvalue weighted by atomic mass is 19.1. The number of anilines is 2. The number of aromatic hydroxyl groups is 2. The normalized spacial score (nSPS) is 29.8. The molecule has 21 heteroatoms. The molecule has 1 spiro atoms. The van der Waals surface area contributed by atoms with Crippen LogP contribution in [0.15, 0.2) is 63.2 Å². The monoisotopic (exact) mass is 1150 g/mol. The lowest BCUT2D eigenvalue weighted by Gasteiger charge is -2.39. The van der Waals surface area contributed by atoms with Gasteiger partial charge in [0.05, 0.1) is 64.8 Å². The molecule has 5 bridgehead atoms. The van der Waals surface area contributed by atoms with Crippen LogP contribution in [0.1, 0.15) is 120 Å². The first kappa shape index (κ1) is 59.0. The van der Waals surface area contributed by atoms with Crippen molar-refractivity contribution in [2.24, 2.45) is 39.6 Å². The average Bonchev–Trinajstić information content (AvgIpc) is 1.79. The number of ketones is 2. The van der Waals surface area contributed by atoms with Gasteiger partial charge in [-0.25, -0.2) is 9.38 Å². The van der Waals surface area contributed by atoms with Crippen LogP contribution in [0.2, 0.25) is 0 Å². The fourth-order valence-electron chi connectivity index (χ4n) is 13.1. The minimum Gasteiger partial charge on any atom is -0.507 e. The third-order valence-corrected chi connectivity index (χ3v) is 18.1. The number of piperidine rings is 1. The Balaban J connectivity index is 0.984. The second kappa shape index (κ2) is 22.4. The zero-order valence-electron chi connectivity index (χ0n) is 48.9. The molecule has 1 amide bonds. The molecule has 1 saturated carbocycles. The number of phenols is 2. The van der Waals surface area contributed by atoms with Crippen molar-refractivity contribution >= 4 is 56.5 Å². The van der Waals surface area contributed by atoms with Gasteiger partial charge in [0, 0.05) is 119 Å². The van der Waals surface area contributed by atoms with E-state index in [-0.39, 0.29) is 89.8 Å². The van der Waals surface area contributed by atoms with Crippen molar-refractivity contribution in [3.8, 4) is 23.0 Å². The number of nitrogens with zero attached hydrogens (tertiary/aromatic N) is 5. The maximum atomic E-state index is 16.4. The van der Waals surface area contributed by atoms with Crippen molar-refractivity contribution in [1.29, 1.82) is 0 Å². The van der Waals surface area contributed by atoms with Crippen LogP contribution >= 0.6 is 0 Å². The lowest BCUT2D eigenvalue weighted by atomic mass is 9.78. The van der Waals surface area contributed by atoms with Crippen LogP contribution in [0.3, 0.4) is 0 Å². The summed E-state index contributed by atoms with van der Waals surface area (Å²) in [6.45, 7) is 16.8. The van der Waals surface area contributed by atoms with Crippen LogP contribution in [0.5, 0.6) is 23.0 Å². The number of aromatic nitrogens is 1. The molecule has 1 unspecified atom stereocenters. The van der Waals surface area contributed by atoms with Crippen molar-refractivity contribution in [3.63, 3.8) is 0 Å². The summed E-state index contributed by atoms with van der Waals surface area (Å²) in [6, 6.07) is 1.30. The first-order valence-corrected chi connectivity index (χ1v) is 28.6. The van der Waals surface area contributed by atoms with Gasteiger partial charge in [0.1, 0.15) is 39.7 Å². The summed E-state index contributed by atoms with van der Waals surface area (Å²) in [6.07, 6.45) is 8.53. The fraction of sp³-hybridized carbons (Fsp3) is 0.532. The van der Waals surface area contributed by atoms with Gasteiger partial charge in [0.15, 0.2) is 28.5 Å². The van der Waals surface area contributed by atoms with Gasteiger partial charge in [-0.3, -0.25) is 29.0 Å². The molecule has 444 valence electrons. The molecule has 1 aromatic heterocycles. The van der Waals surface area contributed by atoms with E-state index in [1.807, 2.05) is 9.47 Å². The van der Waals surface area contributed by atoms with Crippen molar-refractivity contribution < 1.29 is 67.7 Å². The van der Waals surface area contributed by atoms with Crippen molar-refractivity contribution in [3.05, 3.63) is 91.8 Å². The van der Waals surface area contributed by atoms with Crippen LogP contribution < -0.4 is 35.8 Å². The van der Waals surface area contributed by atoms with Crippen LogP contribution in [0, 0.1) is 42.3 Å². The first-order valence-electron chi connectivity index (χ1n) is 28.6. The van der Waals surface area contributed by atoms with E-state index in [1.54, 1.807) is 53.0 Å². The number of Topliss-reactive ketones (excluding diaryl/α,β-unsaturated/α-hetero) is 2. The van der Waals surface area contributed by atoms with Gasteiger partial charge in [-0.15, -0.1) is 0 Å². The number of benzene rings is 3. The third-order valence-electron chi connectivity index (χ3n) is 18.1. The van der Waals surface area contributed by atoms with Gasteiger partial charge in [-0.05, 0) is 58.1 Å². The minimum atomic E-state index is -2.03. The first-order chi connectivity index (χ1) is 39.3.